The molecule has 1 aliphatic heterocycles. The third-order valence-electron chi connectivity index (χ3n) is 4.06. The van der Waals surface area contributed by atoms with Crippen LogP contribution in [-0.4, -0.2) is 42.5 Å². The van der Waals surface area contributed by atoms with Gasteiger partial charge in [-0.2, -0.15) is 0 Å². The number of hydrogen-bond acceptors (Lipinski definition) is 3. The van der Waals surface area contributed by atoms with Crippen LogP contribution in [0.5, 0.6) is 0 Å². The summed E-state index contributed by atoms with van der Waals surface area (Å²) in [5.41, 5.74) is 1.25. The Morgan fingerprint density at radius 1 is 0.957 bits per heavy atom. The van der Waals surface area contributed by atoms with E-state index in [0.29, 0.717) is 17.7 Å². The first-order valence-corrected chi connectivity index (χ1v) is 9.72. The van der Waals surface area contributed by atoms with E-state index in [9.17, 15) is 9.59 Å². The normalized spacial score (nSPS) is 13.3. The molecule has 2 aromatic rings. The number of carbonyl (C=O) groups is 2. The molecular weight excluding hydrogens is 355 g/mol. The fourth-order valence-electron chi connectivity index (χ4n) is 2.96. The second-order valence-electron chi connectivity index (χ2n) is 5.48. The molecule has 5 heteroatoms. The molecule has 2 aromatic carbocycles. The van der Waals surface area contributed by atoms with Crippen molar-refractivity contribution in [2.24, 2.45) is 0 Å². The summed E-state index contributed by atoms with van der Waals surface area (Å²) in [5, 5.41) is 9.62. The molecule has 0 aromatic heterocycles. The molecule has 0 fully saturated rings. The van der Waals surface area contributed by atoms with Gasteiger partial charge < -0.3 is 0 Å². The summed E-state index contributed by atoms with van der Waals surface area (Å²) in [4.78, 5) is 26.7. The van der Waals surface area contributed by atoms with E-state index in [-0.39, 0.29) is 26.3 Å². The molecule has 0 spiro atoms. The van der Waals surface area contributed by atoms with Crippen LogP contribution < -0.4 is 0 Å². The van der Waals surface area contributed by atoms with Crippen molar-refractivity contribution in [3.63, 3.8) is 0 Å². The van der Waals surface area contributed by atoms with Gasteiger partial charge in [0.05, 0.1) is 0 Å². The van der Waals surface area contributed by atoms with Crippen molar-refractivity contribution in [2.45, 2.75) is 24.6 Å². The van der Waals surface area contributed by atoms with E-state index in [1.807, 2.05) is 24.3 Å². The number of amides is 2. The number of carbonyl (C=O) groups excluding carboxylic acids is 2. The summed E-state index contributed by atoms with van der Waals surface area (Å²) in [6, 6.07) is 11.2. The Bertz CT molecular complexity index is 774. The van der Waals surface area contributed by atoms with Crippen molar-refractivity contribution in [3.8, 4) is 0 Å². The van der Waals surface area contributed by atoms with E-state index in [0.717, 1.165) is 35.4 Å². The summed E-state index contributed by atoms with van der Waals surface area (Å²) >= 11 is 0.172. The average molecular weight is 372 g/mol. The quantitative estimate of drug-likeness (QED) is 0.366. The topological polar surface area (TPSA) is 61.2 Å². The summed E-state index contributed by atoms with van der Waals surface area (Å²) in [6.07, 6.45) is 2.80. The first-order valence-electron chi connectivity index (χ1n) is 7.65. The van der Waals surface area contributed by atoms with Crippen LogP contribution in [0.15, 0.2) is 36.4 Å². The first kappa shape index (κ1) is 15.8. The fourth-order valence-corrected chi connectivity index (χ4v) is 3.90. The minimum absolute atomic E-state index is 0.172. The molecule has 23 heavy (non-hydrogen) atoms. The molecule has 1 heterocycles. The van der Waals surface area contributed by atoms with E-state index < -0.39 is 0 Å². The molecule has 0 atom stereocenters. The van der Waals surface area contributed by atoms with Crippen molar-refractivity contribution in [1.82, 2.24) is 4.90 Å². The van der Waals surface area contributed by atoms with Gasteiger partial charge in [-0.1, -0.05) is 0 Å². The van der Waals surface area contributed by atoms with E-state index >= 15 is 0 Å². The van der Waals surface area contributed by atoms with Crippen LogP contribution in [0, 0.1) is 5.41 Å². The van der Waals surface area contributed by atoms with E-state index in [2.05, 4.69) is 4.71 Å². The SMILES string of the molecule is N=C=[Se]CCCCCN1C(=O)c2cccc3cccc(c23)C1=O. The molecule has 0 aliphatic carbocycles. The molecule has 117 valence electrons. The fraction of sp³-hybridized carbons (Fsp3) is 0.278. The van der Waals surface area contributed by atoms with Gasteiger partial charge in [-0.15, -0.1) is 0 Å². The Kier molecular flexibility index (Phi) is 4.82. The summed E-state index contributed by atoms with van der Waals surface area (Å²) in [6.45, 7) is 0.462. The number of nitrogens with one attached hydrogen (secondary N) is 1. The molecule has 1 N–H and O–H groups in total. The van der Waals surface area contributed by atoms with Gasteiger partial charge in [0.15, 0.2) is 0 Å². The molecule has 0 bridgehead atoms. The summed E-state index contributed by atoms with van der Waals surface area (Å²) < 4.78 is 2.44. The number of unbranched alkanes of at least 4 members (excludes halogenated alkanes) is 2. The standard InChI is InChI=1S/C18H17N2O2Se/c19-12-23-11-3-1-2-10-20-17(21)14-8-4-6-13-7-5-9-15(16(13)14)18(20)22/h4-9,19H,1-3,10-11H2. The number of imide groups is 1. The van der Waals surface area contributed by atoms with Gasteiger partial charge in [-0.25, -0.2) is 0 Å². The molecule has 0 saturated carbocycles. The van der Waals surface area contributed by atoms with Crippen molar-refractivity contribution in [2.75, 3.05) is 6.54 Å². The Balaban J connectivity index is 1.79. The number of benzene rings is 2. The molecule has 3 rings (SSSR count). The van der Waals surface area contributed by atoms with E-state index in [1.54, 1.807) is 12.1 Å². The van der Waals surface area contributed by atoms with Gasteiger partial charge in [-0.05, 0) is 0 Å². The maximum atomic E-state index is 12.7. The van der Waals surface area contributed by atoms with E-state index in [1.165, 1.54) is 4.90 Å². The molecule has 0 saturated heterocycles. The zero-order chi connectivity index (χ0) is 16.2. The maximum absolute atomic E-state index is 12.7. The van der Waals surface area contributed by atoms with Crippen LogP contribution in [0.2, 0.25) is 5.32 Å². The van der Waals surface area contributed by atoms with Gasteiger partial charge in [0.25, 0.3) is 0 Å². The van der Waals surface area contributed by atoms with Gasteiger partial charge in [-0.3, -0.25) is 0 Å². The zero-order valence-electron chi connectivity index (χ0n) is 12.7. The number of hydrogen-bond donors (Lipinski definition) is 1. The minimum atomic E-state index is -0.184. The van der Waals surface area contributed by atoms with Crippen LogP contribution >= 0.6 is 0 Å². The monoisotopic (exact) mass is 373 g/mol. The van der Waals surface area contributed by atoms with Crippen molar-refractivity contribution >= 4 is 41.8 Å². The zero-order valence-corrected chi connectivity index (χ0v) is 14.4. The van der Waals surface area contributed by atoms with Crippen LogP contribution in [0.4, 0.5) is 0 Å². The predicted molar refractivity (Wildman–Crippen MR) is 91.5 cm³/mol. The Hall–Kier alpha value is -2.06. The van der Waals surface area contributed by atoms with Gasteiger partial charge in [0.2, 0.25) is 0 Å². The summed E-state index contributed by atoms with van der Waals surface area (Å²) in [5.74, 6) is -0.368. The van der Waals surface area contributed by atoms with Gasteiger partial charge in [0.1, 0.15) is 0 Å². The molecule has 2 amide bonds. The van der Waals surface area contributed by atoms with Crippen molar-refractivity contribution in [3.05, 3.63) is 47.5 Å². The number of nitrogens with zero attached hydrogens (tertiary/aromatic N) is 1. The third kappa shape index (κ3) is 3.04. The van der Waals surface area contributed by atoms with Crippen molar-refractivity contribution in [1.29, 1.82) is 5.41 Å². The second kappa shape index (κ2) is 7.01. The van der Waals surface area contributed by atoms with Crippen LogP contribution in [0.3, 0.4) is 0 Å². The van der Waals surface area contributed by atoms with Gasteiger partial charge >= 0.3 is 140 Å². The van der Waals surface area contributed by atoms with Crippen molar-refractivity contribution < 1.29 is 9.59 Å². The molecular formula is C18H17N2O2Se. The van der Waals surface area contributed by atoms with Gasteiger partial charge in [0, 0.05) is 0 Å². The second-order valence-corrected chi connectivity index (χ2v) is 7.37. The molecule has 1 radical (unpaired) electrons. The predicted octanol–water partition coefficient (Wildman–Crippen LogP) is 3.21. The number of rotatable bonds is 6. The Morgan fingerprint density at radius 3 is 2.22 bits per heavy atom. The summed E-state index contributed by atoms with van der Waals surface area (Å²) in [7, 11) is 0. The molecule has 4 nitrogen and oxygen atoms in total. The van der Waals surface area contributed by atoms with Crippen LogP contribution in [-0.2, 0) is 0 Å². The van der Waals surface area contributed by atoms with Crippen LogP contribution in [0.25, 0.3) is 10.8 Å². The molecule has 0 unspecified atom stereocenters. The average Bonchev–Trinajstić information content (AvgIpc) is 2.58. The Labute approximate surface area is 140 Å². The first-order chi connectivity index (χ1) is 11.2. The molecule has 1 aliphatic rings. The third-order valence-corrected chi connectivity index (χ3v) is 5.39. The van der Waals surface area contributed by atoms with E-state index in [4.69, 9.17) is 5.41 Å². The Morgan fingerprint density at radius 2 is 1.61 bits per heavy atom. The van der Waals surface area contributed by atoms with Crippen LogP contribution in [0.1, 0.15) is 40.0 Å².